The summed E-state index contributed by atoms with van der Waals surface area (Å²) < 4.78 is 16.7. The number of hydrogen-bond donors (Lipinski definition) is 0. The lowest BCUT2D eigenvalue weighted by molar-refractivity contribution is -0.167. The van der Waals surface area contributed by atoms with Crippen LogP contribution in [0.15, 0.2) is 146 Å². The lowest BCUT2D eigenvalue weighted by atomic mass is 10.1. The molecule has 0 saturated heterocycles. The van der Waals surface area contributed by atoms with Gasteiger partial charge >= 0.3 is 17.9 Å². The van der Waals surface area contributed by atoms with Gasteiger partial charge in [0.1, 0.15) is 13.2 Å². The van der Waals surface area contributed by atoms with Crippen molar-refractivity contribution in [2.24, 2.45) is 0 Å². The predicted octanol–water partition coefficient (Wildman–Crippen LogP) is 19.6. The van der Waals surface area contributed by atoms with Gasteiger partial charge < -0.3 is 14.2 Å². The van der Waals surface area contributed by atoms with Gasteiger partial charge in [0.15, 0.2) is 6.10 Å². The van der Waals surface area contributed by atoms with E-state index in [9.17, 15) is 14.4 Å². The molecule has 0 N–H and O–H groups in total. The third-order valence-electron chi connectivity index (χ3n) is 11.6. The summed E-state index contributed by atoms with van der Waals surface area (Å²) in [6.45, 7) is 6.30. The first-order valence-electron chi connectivity index (χ1n) is 28.8. The van der Waals surface area contributed by atoms with Gasteiger partial charge in [0.05, 0.1) is 0 Å². The van der Waals surface area contributed by atoms with Crippen molar-refractivity contribution >= 4 is 17.9 Å². The van der Waals surface area contributed by atoms with E-state index in [1.165, 1.54) is 32.1 Å². The van der Waals surface area contributed by atoms with Crippen LogP contribution in [0.5, 0.6) is 0 Å². The van der Waals surface area contributed by atoms with E-state index in [-0.39, 0.29) is 37.5 Å². The van der Waals surface area contributed by atoms with Crippen LogP contribution >= 0.6 is 0 Å². The summed E-state index contributed by atoms with van der Waals surface area (Å²) in [4.78, 5) is 37.9. The molecule has 0 aliphatic carbocycles. The molecule has 0 spiro atoms. The topological polar surface area (TPSA) is 78.9 Å². The Balaban J connectivity index is 4.28. The van der Waals surface area contributed by atoms with Gasteiger partial charge in [-0.2, -0.15) is 0 Å². The van der Waals surface area contributed by atoms with Gasteiger partial charge in [-0.05, 0) is 122 Å². The van der Waals surface area contributed by atoms with Gasteiger partial charge in [-0.25, -0.2) is 0 Å². The van der Waals surface area contributed by atoms with Crippen molar-refractivity contribution in [1.82, 2.24) is 0 Å². The van der Waals surface area contributed by atoms with E-state index >= 15 is 0 Å². The highest BCUT2D eigenvalue weighted by Crippen LogP contribution is 2.13. The molecule has 0 fully saturated rings. The van der Waals surface area contributed by atoms with Crippen molar-refractivity contribution in [2.75, 3.05) is 13.2 Å². The van der Waals surface area contributed by atoms with Crippen molar-refractivity contribution < 1.29 is 28.6 Å². The Hall–Kier alpha value is -4.71. The molecule has 0 radical (unpaired) electrons. The maximum absolute atomic E-state index is 12.8. The van der Waals surface area contributed by atoms with Crippen molar-refractivity contribution in [3.8, 4) is 0 Å². The molecule has 6 heteroatoms. The minimum Gasteiger partial charge on any atom is -0.462 e. The monoisotopic (exact) mass is 993 g/mol. The van der Waals surface area contributed by atoms with Crippen LogP contribution in [0.1, 0.15) is 233 Å². The van der Waals surface area contributed by atoms with Crippen molar-refractivity contribution in [2.45, 2.75) is 239 Å². The zero-order valence-corrected chi connectivity index (χ0v) is 46.1. The molecule has 0 aliphatic heterocycles. The summed E-state index contributed by atoms with van der Waals surface area (Å²) in [6.07, 6.45) is 84.4. The average molecular weight is 994 g/mol. The van der Waals surface area contributed by atoms with E-state index in [2.05, 4.69) is 167 Å². The van der Waals surface area contributed by atoms with Gasteiger partial charge in [0.25, 0.3) is 0 Å². The molecule has 0 saturated carbocycles. The third kappa shape index (κ3) is 56.2. The van der Waals surface area contributed by atoms with Crippen LogP contribution in [0.2, 0.25) is 0 Å². The van der Waals surface area contributed by atoms with Gasteiger partial charge in [-0.1, -0.05) is 237 Å². The lowest BCUT2D eigenvalue weighted by Gasteiger charge is -2.18. The number of unbranched alkanes of at least 4 members (excludes halogenated alkanes) is 15. The largest absolute Gasteiger partial charge is 0.462 e. The Morgan fingerprint density at radius 1 is 0.292 bits per heavy atom. The van der Waals surface area contributed by atoms with Crippen LogP contribution in [0.3, 0.4) is 0 Å². The number of ether oxygens (including phenoxy) is 3. The van der Waals surface area contributed by atoms with E-state index in [0.717, 1.165) is 161 Å². The number of carbonyl (C=O) groups is 3. The zero-order chi connectivity index (χ0) is 52.2. The Labute approximate surface area is 442 Å². The van der Waals surface area contributed by atoms with E-state index < -0.39 is 6.10 Å². The molecule has 404 valence electrons. The smallest absolute Gasteiger partial charge is 0.306 e. The second kappa shape index (κ2) is 58.9. The number of carbonyl (C=O) groups excluding carboxylic acids is 3. The normalized spacial score (nSPS) is 13.2. The molecule has 0 aliphatic rings. The van der Waals surface area contributed by atoms with E-state index in [1.807, 2.05) is 0 Å². The fraction of sp³-hybridized carbons (Fsp3) is 0.591. The number of esters is 3. The second-order valence-corrected chi connectivity index (χ2v) is 18.4. The van der Waals surface area contributed by atoms with Gasteiger partial charge in [-0.15, -0.1) is 0 Å². The minimum atomic E-state index is -0.802. The Morgan fingerprint density at radius 3 is 0.847 bits per heavy atom. The molecule has 0 aromatic rings. The first-order valence-corrected chi connectivity index (χ1v) is 28.8. The maximum atomic E-state index is 12.8. The van der Waals surface area contributed by atoms with Gasteiger partial charge in [0, 0.05) is 19.3 Å². The number of rotatable bonds is 50. The molecule has 1 atom stereocenters. The zero-order valence-electron chi connectivity index (χ0n) is 46.1. The van der Waals surface area contributed by atoms with Crippen molar-refractivity contribution in [1.29, 1.82) is 0 Å². The Bertz CT molecular complexity index is 1610. The summed E-state index contributed by atoms with van der Waals surface area (Å²) in [5, 5.41) is 0. The molecule has 0 bridgehead atoms. The first kappa shape index (κ1) is 67.3. The Morgan fingerprint density at radius 2 is 0.542 bits per heavy atom. The maximum Gasteiger partial charge on any atom is 0.306 e. The molecule has 0 heterocycles. The van der Waals surface area contributed by atoms with Crippen LogP contribution in [0.4, 0.5) is 0 Å². The second-order valence-electron chi connectivity index (χ2n) is 18.4. The van der Waals surface area contributed by atoms with Crippen LogP contribution < -0.4 is 0 Å². The van der Waals surface area contributed by atoms with Crippen LogP contribution in [0.25, 0.3) is 0 Å². The molecule has 72 heavy (non-hydrogen) atoms. The summed E-state index contributed by atoms with van der Waals surface area (Å²) in [5.41, 5.74) is 0. The molecule has 0 aromatic carbocycles. The summed E-state index contributed by atoms with van der Waals surface area (Å²) in [5.74, 6) is -0.957. The SMILES string of the molecule is CC/C=C\C/C=C\C/C=C\C/C=C\C/C=C\C/C=C\CCCCCCCCC(=O)OCC(COC(=O)CCCCCCCC)OC(=O)CCCCCC/C=C\C/C=C\C/C=C\C/C=C\C/C=C\C/C=C\CC. The summed E-state index contributed by atoms with van der Waals surface area (Å²) in [7, 11) is 0. The summed E-state index contributed by atoms with van der Waals surface area (Å²) >= 11 is 0. The van der Waals surface area contributed by atoms with Crippen LogP contribution in [0, 0.1) is 0 Å². The summed E-state index contributed by atoms with van der Waals surface area (Å²) in [6, 6.07) is 0. The molecule has 0 amide bonds. The van der Waals surface area contributed by atoms with E-state index in [4.69, 9.17) is 14.2 Å². The predicted molar refractivity (Wildman–Crippen MR) is 311 cm³/mol. The molecule has 1 unspecified atom stereocenters. The molecule has 6 nitrogen and oxygen atoms in total. The van der Waals surface area contributed by atoms with E-state index in [1.54, 1.807) is 0 Å². The van der Waals surface area contributed by atoms with Gasteiger partial charge in [-0.3, -0.25) is 14.4 Å². The van der Waals surface area contributed by atoms with Crippen molar-refractivity contribution in [3.05, 3.63) is 146 Å². The Kier molecular flexibility index (Phi) is 55.0. The third-order valence-corrected chi connectivity index (χ3v) is 11.6. The van der Waals surface area contributed by atoms with Crippen LogP contribution in [-0.4, -0.2) is 37.2 Å². The standard InChI is InChI=1S/C66H104O6/c1-4-7-10-13-16-18-20-22-24-26-28-30-32-33-35-36-38-40-42-44-46-48-50-53-56-59-65(68)71-62-63(61-70-64(67)58-55-52-15-12-9-6-3)72-66(69)60-57-54-51-49-47-45-43-41-39-37-34-31-29-27-25-23-21-19-17-14-11-8-5-2/h7-8,10-11,16-19,22-25,28-31,33,35,37-40,43,45,63H,4-6,9,12-15,20-21,26-27,32,34,36,41-42,44,46-62H2,1-3H3/b10-7-,11-8-,18-16-,19-17-,24-22-,25-23-,30-28-,31-29-,35-33-,39-37-,40-38-,45-43-. The molecule has 0 aromatic heterocycles. The number of hydrogen-bond acceptors (Lipinski definition) is 6. The average Bonchev–Trinajstić information content (AvgIpc) is 3.38. The molecule has 0 rings (SSSR count). The fourth-order valence-electron chi connectivity index (χ4n) is 7.33. The molecular formula is C66H104O6. The highest BCUT2D eigenvalue weighted by molar-refractivity contribution is 5.71. The molecular weight excluding hydrogens is 889 g/mol. The number of allylic oxidation sites excluding steroid dienone is 24. The highest BCUT2D eigenvalue weighted by atomic mass is 16.6. The quantitative estimate of drug-likeness (QED) is 0.0261. The highest BCUT2D eigenvalue weighted by Gasteiger charge is 2.19. The fourth-order valence-corrected chi connectivity index (χ4v) is 7.33. The lowest BCUT2D eigenvalue weighted by Crippen LogP contribution is -2.30. The van der Waals surface area contributed by atoms with Crippen molar-refractivity contribution in [3.63, 3.8) is 0 Å². The van der Waals surface area contributed by atoms with Gasteiger partial charge in [0.2, 0.25) is 0 Å². The van der Waals surface area contributed by atoms with Crippen LogP contribution in [-0.2, 0) is 28.6 Å². The van der Waals surface area contributed by atoms with E-state index in [0.29, 0.717) is 12.8 Å². The first-order chi connectivity index (χ1) is 35.5. The minimum absolute atomic E-state index is 0.0990.